The lowest BCUT2D eigenvalue weighted by molar-refractivity contribution is -0.158. The maximum atomic E-state index is 12.5. The molecule has 2 aromatic heterocycles. The van der Waals surface area contributed by atoms with Crippen LogP contribution in [0, 0.1) is 19.8 Å². The number of carbonyl (C=O) groups is 2. The first kappa shape index (κ1) is 18.8. The van der Waals surface area contributed by atoms with Gasteiger partial charge in [0.1, 0.15) is 11.6 Å². The molecular weight excluding hydrogens is 322 g/mol. The van der Waals surface area contributed by atoms with Gasteiger partial charge in [0, 0.05) is 11.4 Å². The van der Waals surface area contributed by atoms with Gasteiger partial charge in [-0.1, -0.05) is 13.8 Å². The van der Waals surface area contributed by atoms with Crippen molar-refractivity contribution in [1.82, 2.24) is 24.9 Å². The number of fused-ring (bicyclic) bond motifs is 1. The first-order chi connectivity index (χ1) is 11.5. The minimum atomic E-state index is -0.783. The summed E-state index contributed by atoms with van der Waals surface area (Å²) in [6, 6.07) is 1.06. The Balaban J connectivity index is 2.24. The van der Waals surface area contributed by atoms with E-state index in [9.17, 15) is 9.59 Å². The number of aromatic nitrogens is 4. The lowest BCUT2D eigenvalue weighted by Gasteiger charge is -2.26. The van der Waals surface area contributed by atoms with Gasteiger partial charge in [-0.2, -0.15) is 4.98 Å². The van der Waals surface area contributed by atoms with Gasteiger partial charge in [0.05, 0.1) is 0 Å². The summed E-state index contributed by atoms with van der Waals surface area (Å²) in [5.41, 5.74) is 0.981. The number of hydrogen-bond donors (Lipinski definition) is 1. The van der Waals surface area contributed by atoms with Gasteiger partial charge in [0.25, 0.3) is 11.7 Å². The van der Waals surface area contributed by atoms with E-state index in [1.807, 2.05) is 33.8 Å². The zero-order chi connectivity index (χ0) is 18.9. The molecule has 2 heterocycles. The van der Waals surface area contributed by atoms with E-state index in [0.717, 1.165) is 11.4 Å². The maximum absolute atomic E-state index is 12.5. The fraction of sp³-hybridized carbons (Fsp3) is 0.588. The molecule has 8 heteroatoms. The Morgan fingerprint density at radius 3 is 2.40 bits per heavy atom. The molecule has 0 radical (unpaired) electrons. The van der Waals surface area contributed by atoms with Crippen molar-refractivity contribution < 1.29 is 14.3 Å². The molecule has 0 aromatic carbocycles. The van der Waals surface area contributed by atoms with Crippen LogP contribution in [0.5, 0.6) is 0 Å². The lowest BCUT2D eigenvalue weighted by atomic mass is 10.0. The molecule has 1 unspecified atom stereocenters. The van der Waals surface area contributed by atoms with Gasteiger partial charge in [-0.25, -0.2) is 14.3 Å². The summed E-state index contributed by atoms with van der Waals surface area (Å²) >= 11 is 0. The second-order valence-electron chi connectivity index (χ2n) is 7.41. The Kier molecular flexibility index (Phi) is 5.10. The quantitative estimate of drug-likeness (QED) is 0.847. The van der Waals surface area contributed by atoms with Crippen LogP contribution in [-0.2, 0) is 9.53 Å². The summed E-state index contributed by atoms with van der Waals surface area (Å²) in [6.45, 7) is 12.7. The molecule has 0 fully saturated rings. The van der Waals surface area contributed by atoms with Gasteiger partial charge in [-0.3, -0.25) is 4.79 Å². The second kappa shape index (κ2) is 6.78. The molecule has 1 atom stereocenters. The number of aryl methyl sites for hydroxylation is 2. The molecule has 1 amide bonds. The molecule has 0 aliphatic carbocycles. The molecular formula is C17H25N5O3. The molecule has 0 saturated carbocycles. The third kappa shape index (κ3) is 4.52. The normalized spacial score (nSPS) is 13.1. The van der Waals surface area contributed by atoms with E-state index in [1.54, 1.807) is 20.8 Å². The minimum absolute atomic E-state index is 0.0320. The van der Waals surface area contributed by atoms with Crippen molar-refractivity contribution in [1.29, 1.82) is 0 Å². The Labute approximate surface area is 147 Å². The van der Waals surface area contributed by atoms with E-state index in [0.29, 0.717) is 5.78 Å². The number of nitrogens with zero attached hydrogens (tertiary/aromatic N) is 4. The number of ether oxygens (including phenoxy) is 1. The van der Waals surface area contributed by atoms with E-state index in [-0.39, 0.29) is 11.7 Å². The number of rotatable bonds is 4. The van der Waals surface area contributed by atoms with Crippen molar-refractivity contribution in [2.45, 2.75) is 60.1 Å². The van der Waals surface area contributed by atoms with E-state index in [1.165, 1.54) is 4.52 Å². The molecule has 2 rings (SSSR count). The monoisotopic (exact) mass is 347 g/mol. The number of esters is 1. The molecule has 0 spiro atoms. The molecule has 0 saturated heterocycles. The molecule has 0 aliphatic heterocycles. The smallest absolute Gasteiger partial charge is 0.329 e. The third-order valence-corrected chi connectivity index (χ3v) is 3.44. The fourth-order valence-electron chi connectivity index (χ4n) is 2.33. The largest absolute Gasteiger partial charge is 0.458 e. The molecule has 1 N–H and O–H groups in total. The minimum Gasteiger partial charge on any atom is -0.458 e. The third-order valence-electron chi connectivity index (χ3n) is 3.44. The van der Waals surface area contributed by atoms with Crippen molar-refractivity contribution in [3.63, 3.8) is 0 Å². The van der Waals surface area contributed by atoms with Gasteiger partial charge >= 0.3 is 5.97 Å². The maximum Gasteiger partial charge on any atom is 0.329 e. The van der Waals surface area contributed by atoms with Crippen LogP contribution in [0.4, 0.5) is 0 Å². The van der Waals surface area contributed by atoms with E-state index >= 15 is 0 Å². The van der Waals surface area contributed by atoms with E-state index < -0.39 is 23.5 Å². The second-order valence-corrected chi connectivity index (χ2v) is 7.41. The van der Waals surface area contributed by atoms with Crippen molar-refractivity contribution in [2.24, 2.45) is 5.92 Å². The number of hydrogen-bond acceptors (Lipinski definition) is 6. The lowest BCUT2D eigenvalue weighted by Crippen LogP contribution is -2.47. The average Bonchev–Trinajstić information content (AvgIpc) is 2.86. The molecule has 2 aromatic rings. The predicted molar refractivity (Wildman–Crippen MR) is 92.2 cm³/mol. The average molecular weight is 347 g/mol. The zero-order valence-electron chi connectivity index (χ0n) is 15.7. The zero-order valence-corrected chi connectivity index (χ0v) is 15.7. The molecule has 8 nitrogen and oxygen atoms in total. The van der Waals surface area contributed by atoms with Crippen molar-refractivity contribution in [2.75, 3.05) is 0 Å². The summed E-state index contributed by atoms with van der Waals surface area (Å²) in [4.78, 5) is 33.3. The van der Waals surface area contributed by atoms with Crippen LogP contribution < -0.4 is 5.32 Å². The summed E-state index contributed by atoms with van der Waals surface area (Å²) < 4.78 is 6.88. The van der Waals surface area contributed by atoms with E-state index in [4.69, 9.17) is 4.74 Å². The first-order valence-electron chi connectivity index (χ1n) is 8.22. The van der Waals surface area contributed by atoms with Gasteiger partial charge in [0.15, 0.2) is 0 Å². The van der Waals surface area contributed by atoms with Crippen LogP contribution in [0.25, 0.3) is 5.78 Å². The van der Waals surface area contributed by atoms with Gasteiger partial charge in [0.2, 0.25) is 5.82 Å². The molecule has 25 heavy (non-hydrogen) atoms. The molecule has 136 valence electrons. The van der Waals surface area contributed by atoms with Crippen molar-refractivity contribution in [3.05, 3.63) is 23.3 Å². The van der Waals surface area contributed by atoms with E-state index in [2.05, 4.69) is 20.4 Å². The van der Waals surface area contributed by atoms with Crippen LogP contribution >= 0.6 is 0 Å². The van der Waals surface area contributed by atoms with Crippen LogP contribution in [0.3, 0.4) is 0 Å². The van der Waals surface area contributed by atoms with Crippen LogP contribution in [-0.4, -0.2) is 43.1 Å². The van der Waals surface area contributed by atoms with Gasteiger partial charge < -0.3 is 10.1 Å². The van der Waals surface area contributed by atoms with Crippen molar-refractivity contribution in [3.8, 4) is 0 Å². The van der Waals surface area contributed by atoms with Crippen LogP contribution in [0.2, 0.25) is 0 Å². The number of nitrogens with one attached hydrogen (secondary N) is 1. The highest BCUT2D eigenvalue weighted by Crippen LogP contribution is 2.13. The number of carbonyl (C=O) groups excluding carboxylic acids is 2. The molecule has 0 bridgehead atoms. The highest BCUT2D eigenvalue weighted by molar-refractivity contribution is 5.94. The molecule has 0 aliphatic rings. The van der Waals surface area contributed by atoms with Crippen LogP contribution in [0.15, 0.2) is 6.07 Å². The summed E-state index contributed by atoms with van der Waals surface area (Å²) in [7, 11) is 0. The van der Waals surface area contributed by atoms with Crippen LogP contribution in [0.1, 0.15) is 56.6 Å². The SMILES string of the molecule is Cc1cc(C)n2nc(C(=O)NC(C(=O)OC(C)(C)C)C(C)C)nc2n1. The topological polar surface area (TPSA) is 98.5 Å². The fourth-order valence-corrected chi connectivity index (χ4v) is 2.33. The predicted octanol–water partition coefficient (Wildman–Crippen LogP) is 1.84. The van der Waals surface area contributed by atoms with Gasteiger partial charge in [-0.05, 0) is 46.6 Å². The number of amides is 1. The highest BCUT2D eigenvalue weighted by Gasteiger charge is 2.30. The summed E-state index contributed by atoms with van der Waals surface area (Å²) in [6.07, 6.45) is 0. The Hall–Kier alpha value is -2.51. The Morgan fingerprint density at radius 2 is 1.84 bits per heavy atom. The standard InChI is InChI=1S/C17H25N5O3/c1-9(2)12(15(24)25-17(5,6)7)19-14(23)13-20-16-18-10(3)8-11(4)22(16)21-13/h8-9,12H,1-7H3,(H,19,23). The highest BCUT2D eigenvalue weighted by atomic mass is 16.6. The van der Waals surface area contributed by atoms with Gasteiger partial charge in [-0.15, -0.1) is 5.10 Å². The first-order valence-corrected chi connectivity index (χ1v) is 8.22. The Bertz CT molecular complexity index is 804. The summed E-state index contributed by atoms with van der Waals surface area (Å²) in [5.74, 6) is -0.841. The Morgan fingerprint density at radius 1 is 1.20 bits per heavy atom. The van der Waals surface area contributed by atoms with Crippen molar-refractivity contribution >= 4 is 17.7 Å². The summed E-state index contributed by atoms with van der Waals surface area (Å²) in [5, 5.41) is 6.85.